The quantitative estimate of drug-likeness (QED) is 0.658. The lowest BCUT2D eigenvalue weighted by Crippen LogP contribution is -2.33. The summed E-state index contributed by atoms with van der Waals surface area (Å²) in [4.78, 5) is 2.42. The first-order valence-corrected chi connectivity index (χ1v) is 6.81. The molecule has 1 fully saturated rings. The highest BCUT2D eigenvalue weighted by Crippen LogP contribution is 2.23. The fourth-order valence-corrected chi connectivity index (χ4v) is 2.84. The Balaban J connectivity index is 0.00000180. The Hall–Kier alpha value is -1.06. The molecule has 4 heteroatoms. The predicted molar refractivity (Wildman–Crippen MR) is 83.0 cm³/mol. The molecule has 2 rings (SSSR count). The van der Waals surface area contributed by atoms with Crippen molar-refractivity contribution in [2.24, 2.45) is 5.73 Å². The van der Waals surface area contributed by atoms with Gasteiger partial charge in [0.05, 0.1) is 0 Å². The molecule has 0 saturated heterocycles. The topological polar surface area (TPSA) is 53.1 Å². The summed E-state index contributed by atoms with van der Waals surface area (Å²) >= 11 is 0. The van der Waals surface area contributed by atoms with Crippen LogP contribution in [0, 0.1) is 5.41 Å². The largest absolute Gasteiger partial charge is 0.384 e. The van der Waals surface area contributed by atoms with Crippen LogP contribution in [0.3, 0.4) is 0 Å². The minimum atomic E-state index is 0. The molecule has 1 aliphatic rings. The summed E-state index contributed by atoms with van der Waals surface area (Å²) < 4.78 is 0. The lowest BCUT2D eigenvalue weighted by molar-refractivity contribution is 0.184. The fourth-order valence-electron chi connectivity index (χ4n) is 2.84. The summed E-state index contributed by atoms with van der Waals surface area (Å²) in [6.07, 6.45) is 6.69. The molecule has 3 nitrogen and oxygen atoms in total. The van der Waals surface area contributed by atoms with Crippen molar-refractivity contribution in [1.29, 1.82) is 5.41 Å². The highest BCUT2D eigenvalue weighted by atomic mass is 35.5. The van der Waals surface area contributed by atoms with Gasteiger partial charge in [-0.2, -0.15) is 0 Å². The van der Waals surface area contributed by atoms with Crippen LogP contribution in [0.5, 0.6) is 0 Å². The third-order valence-electron chi connectivity index (χ3n) is 3.93. The number of nitrogens with two attached hydrogens (primary N) is 1. The number of nitrogens with zero attached hydrogens (tertiary/aromatic N) is 1. The first-order chi connectivity index (χ1) is 8.68. The van der Waals surface area contributed by atoms with Crippen LogP contribution in [0.15, 0.2) is 24.3 Å². The number of amidine groups is 1. The zero-order valence-electron chi connectivity index (χ0n) is 11.6. The van der Waals surface area contributed by atoms with Gasteiger partial charge in [0.1, 0.15) is 5.84 Å². The second-order valence-corrected chi connectivity index (χ2v) is 5.28. The molecule has 0 radical (unpaired) electrons. The van der Waals surface area contributed by atoms with Crippen LogP contribution >= 0.6 is 12.4 Å². The highest BCUT2D eigenvalue weighted by Gasteiger charge is 2.18. The second kappa shape index (κ2) is 7.51. The second-order valence-electron chi connectivity index (χ2n) is 5.28. The Morgan fingerprint density at radius 2 is 1.89 bits per heavy atom. The maximum Gasteiger partial charge on any atom is 0.123 e. The maximum atomic E-state index is 7.62. The molecule has 0 aliphatic heterocycles. The van der Waals surface area contributed by atoms with Gasteiger partial charge in [0, 0.05) is 18.2 Å². The molecule has 0 atom stereocenters. The molecule has 19 heavy (non-hydrogen) atoms. The smallest absolute Gasteiger partial charge is 0.123 e. The van der Waals surface area contributed by atoms with Gasteiger partial charge in [-0.1, -0.05) is 43.5 Å². The number of hydrogen-bond acceptors (Lipinski definition) is 2. The molecule has 0 aromatic heterocycles. The lowest BCUT2D eigenvalue weighted by Gasteiger charge is -2.31. The van der Waals surface area contributed by atoms with E-state index in [2.05, 4.69) is 18.0 Å². The normalized spacial score (nSPS) is 16.1. The van der Waals surface area contributed by atoms with E-state index in [1.807, 2.05) is 18.2 Å². The van der Waals surface area contributed by atoms with Crippen molar-refractivity contribution in [1.82, 2.24) is 4.90 Å². The van der Waals surface area contributed by atoms with E-state index in [-0.39, 0.29) is 18.2 Å². The van der Waals surface area contributed by atoms with Gasteiger partial charge in [0.2, 0.25) is 0 Å². The van der Waals surface area contributed by atoms with E-state index in [1.54, 1.807) is 0 Å². The predicted octanol–water partition coefficient (Wildman–Crippen LogP) is 3.16. The van der Waals surface area contributed by atoms with E-state index < -0.39 is 0 Å². The Labute approximate surface area is 122 Å². The fraction of sp³-hybridized carbons (Fsp3) is 0.533. The van der Waals surface area contributed by atoms with Crippen LogP contribution in [-0.4, -0.2) is 23.8 Å². The van der Waals surface area contributed by atoms with Gasteiger partial charge in [-0.3, -0.25) is 10.3 Å². The van der Waals surface area contributed by atoms with Gasteiger partial charge in [0.25, 0.3) is 0 Å². The number of rotatable bonds is 4. The third-order valence-corrected chi connectivity index (χ3v) is 3.93. The molecular formula is C15H24ClN3. The van der Waals surface area contributed by atoms with Crippen LogP contribution in [0.2, 0.25) is 0 Å². The molecule has 1 aromatic rings. The molecule has 0 spiro atoms. The Bertz CT molecular complexity index is 414. The Kier molecular flexibility index (Phi) is 6.32. The minimum Gasteiger partial charge on any atom is -0.384 e. The average molecular weight is 282 g/mol. The van der Waals surface area contributed by atoms with Crippen LogP contribution in [-0.2, 0) is 6.54 Å². The molecule has 106 valence electrons. The van der Waals surface area contributed by atoms with Crippen LogP contribution in [0.4, 0.5) is 0 Å². The van der Waals surface area contributed by atoms with Crippen LogP contribution in [0.25, 0.3) is 0 Å². The number of hydrogen-bond donors (Lipinski definition) is 2. The van der Waals surface area contributed by atoms with E-state index in [0.717, 1.165) is 17.7 Å². The molecule has 0 bridgehead atoms. The Morgan fingerprint density at radius 1 is 1.26 bits per heavy atom. The number of nitrogen functional groups attached to an aromatic ring is 1. The summed E-state index contributed by atoms with van der Waals surface area (Å²) in [5.41, 5.74) is 7.67. The van der Waals surface area contributed by atoms with Gasteiger partial charge < -0.3 is 5.73 Å². The molecule has 1 aliphatic carbocycles. The summed E-state index contributed by atoms with van der Waals surface area (Å²) in [5, 5.41) is 7.62. The van der Waals surface area contributed by atoms with E-state index >= 15 is 0 Å². The highest BCUT2D eigenvalue weighted by molar-refractivity contribution is 5.96. The zero-order valence-corrected chi connectivity index (χ0v) is 12.4. The van der Waals surface area contributed by atoms with Crippen molar-refractivity contribution in [3.05, 3.63) is 35.4 Å². The minimum absolute atomic E-state index is 0. The van der Waals surface area contributed by atoms with E-state index in [1.165, 1.54) is 32.1 Å². The number of benzene rings is 1. The van der Waals surface area contributed by atoms with E-state index in [4.69, 9.17) is 11.1 Å². The SMILES string of the molecule is CN(Cc1ccccc1C(=N)N)C1CCCCC1.Cl. The van der Waals surface area contributed by atoms with Crippen LogP contribution in [0.1, 0.15) is 43.2 Å². The van der Waals surface area contributed by atoms with E-state index in [9.17, 15) is 0 Å². The van der Waals surface area contributed by atoms with Gasteiger partial charge in [-0.25, -0.2) is 0 Å². The lowest BCUT2D eigenvalue weighted by atomic mass is 9.94. The zero-order chi connectivity index (χ0) is 13.0. The Morgan fingerprint density at radius 3 is 2.53 bits per heavy atom. The van der Waals surface area contributed by atoms with Gasteiger partial charge in [0.15, 0.2) is 0 Å². The van der Waals surface area contributed by atoms with Gasteiger partial charge >= 0.3 is 0 Å². The molecule has 1 aromatic carbocycles. The van der Waals surface area contributed by atoms with Gasteiger partial charge in [-0.05, 0) is 25.5 Å². The molecule has 3 N–H and O–H groups in total. The van der Waals surface area contributed by atoms with Crippen molar-refractivity contribution in [2.45, 2.75) is 44.7 Å². The maximum absolute atomic E-state index is 7.62. The average Bonchev–Trinajstić information content (AvgIpc) is 2.40. The summed E-state index contributed by atoms with van der Waals surface area (Å²) in [5.74, 6) is 0.169. The molecule has 1 saturated carbocycles. The van der Waals surface area contributed by atoms with Crippen molar-refractivity contribution < 1.29 is 0 Å². The van der Waals surface area contributed by atoms with Crippen LogP contribution < -0.4 is 5.73 Å². The third kappa shape index (κ3) is 4.22. The number of nitrogens with one attached hydrogen (secondary N) is 1. The van der Waals surface area contributed by atoms with Crippen molar-refractivity contribution >= 4 is 18.2 Å². The van der Waals surface area contributed by atoms with E-state index in [0.29, 0.717) is 6.04 Å². The van der Waals surface area contributed by atoms with Gasteiger partial charge in [-0.15, -0.1) is 12.4 Å². The summed E-state index contributed by atoms with van der Waals surface area (Å²) in [7, 11) is 2.19. The monoisotopic (exact) mass is 281 g/mol. The molecular weight excluding hydrogens is 258 g/mol. The first kappa shape index (κ1) is 16.0. The summed E-state index contributed by atoms with van der Waals surface area (Å²) in [6.45, 7) is 0.889. The first-order valence-electron chi connectivity index (χ1n) is 6.81. The summed E-state index contributed by atoms with van der Waals surface area (Å²) in [6, 6.07) is 8.68. The molecule has 0 amide bonds. The van der Waals surface area contributed by atoms with Crippen molar-refractivity contribution in [2.75, 3.05) is 7.05 Å². The standard InChI is InChI=1S/C15H23N3.ClH/c1-18(13-8-3-2-4-9-13)11-12-7-5-6-10-14(12)15(16)17;/h5-7,10,13H,2-4,8-9,11H2,1H3,(H3,16,17);1H. The molecule has 0 heterocycles. The number of halogens is 1. The van der Waals surface area contributed by atoms with Crippen molar-refractivity contribution in [3.63, 3.8) is 0 Å². The molecule has 0 unspecified atom stereocenters. The van der Waals surface area contributed by atoms with Crippen molar-refractivity contribution in [3.8, 4) is 0 Å².